The third-order valence-electron chi connectivity index (χ3n) is 5.19. The topological polar surface area (TPSA) is 80.7 Å². The third kappa shape index (κ3) is 5.79. The highest BCUT2D eigenvalue weighted by Gasteiger charge is 2.14. The standard InChI is InChI=1S/C23H26ClN5O3/c1-28-21(7-8-25-28)20-16-19(27-23(30)26-18-4-2-3-17(24)15-18)5-6-22(20)32-14-11-29-9-12-31-13-10-29/h2-8,15-16H,9-14H2,1H3,(H2,26,27,30). The Balaban J connectivity index is 1.46. The van der Waals surface area contributed by atoms with Crippen molar-refractivity contribution in [1.82, 2.24) is 14.7 Å². The Morgan fingerprint density at radius 3 is 2.62 bits per heavy atom. The van der Waals surface area contributed by atoms with Gasteiger partial charge in [-0.05, 0) is 42.5 Å². The normalized spacial score (nSPS) is 14.2. The molecule has 8 nitrogen and oxygen atoms in total. The zero-order valence-corrected chi connectivity index (χ0v) is 18.6. The summed E-state index contributed by atoms with van der Waals surface area (Å²) in [5.74, 6) is 0.739. The molecule has 32 heavy (non-hydrogen) atoms. The molecule has 0 radical (unpaired) electrons. The molecule has 3 aromatic rings. The molecule has 2 amide bonds. The van der Waals surface area contributed by atoms with Crippen molar-refractivity contribution in [3.63, 3.8) is 0 Å². The third-order valence-corrected chi connectivity index (χ3v) is 5.42. The molecule has 1 aliphatic rings. The molecule has 4 rings (SSSR count). The fourth-order valence-electron chi connectivity index (χ4n) is 3.54. The van der Waals surface area contributed by atoms with Crippen molar-refractivity contribution < 1.29 is 14.3 Å². The van der Waals surface area contributed by atoms with E-state index in [0.29, 0.717) is 23.0 Å². The molecule has 2 N–H and O–H groups in total. The Labute approximate surface area is 192 Å². The van der Waals surface area contributed by atoms with Gasteiger partial charge in [0.15, 0.2) is 0 Å². The second-order valence-electron chi connectivity index (χ2n) is 7.44. The smallest absolute Gasteiger partial charge is 0.323 e. The summed E-state index contributed by atoms with van der Waals surface area (Å²) in [6, 6.07) is 14.1. The molecule has 0 unspecified atom stereocenters. The fourth-order valence-corrected chi connectivity index (χ4v) is 3.73. The van der Waals surface area contributed by atoms with E-state index >= 15 is 0 Å². The van der Waals surface area contributed by atoms with Crippen LogP contribution in [0.3, 0.4) is 0 Å². The number of nitrogens with zero attached hydrogens (tertiary/aromatic N) is 3. The number of hydrogen-bond donors (Lipinski definition) is 2. The Morgan fingerprint density at radius 2 is 1.91 bits per heavy atom. The maximum Gasteiger partial charge on any atom is 0.323 e. The Bertz CT molecular complexity index is 1070. The van der Waals surface area contributed by atoms with Gasteiger partial charge in [-0.2, -0.15) is 5.10 Å². The van der Waals surface area contributed by atoms with Crippen LogP contribution in [0.4, 0.5) is 16.2 Å². The monoisotopic (exact) mass is 455 g/mol. The van der Waals surface area contributed by atoms with Gasteiger partial charge in [0.05, 0.1) is 18.9 Å². The van der Waals surface area contributed by atoms with E-state index in [0.717, 1.165) is 49.9 Å². The van der Waals surface area contributed by atoms with E-state index in [1.165, 1.54) is 0 Å². The Kier molecular flexibility index (Phi) is 7.26. The lowest BCUT2D eigenvalue weighted by Gasteiger charge is -2.26. The Hall–Kier alpha value is -3.07. The molecular formula is C23H26ClN5O3. The lowest BCUT2D eigenvalue weighted by atomic mass is 10.1. The maximum absolute atomic E-state index is 12.5. The minimum atomic E-state index is -0.357. The molecule has 1 fully saturated rings. The van der Waals surface area contributed by atoms with Gasteiger partial charge in [-0.15, -0.1) is 0 Å². The molecular weight excluding hydrogens is 430 g/mol. The number of nitrogens with one attached hydrogen (secondary N) is 2. The summed E-state index contributed by atoms with van der Waals surface area (Å²) in [6.07, 6.45) is 1.73. The molecule has 0 atom stereocenters. The van der Waals surface area contributed by atoms with E-state index in [9.17, 15) is 4.79 Å². The van der Waals surface area contributed by atoms with E-state index < -0.39 is 0 Å². The summed E-state index contributed by atoms with van der Waals surface area (Å²) < 4.78 is 13.3. The van der Waals surface area contributed by atoms with Gasteiger partial charge in [0.25, 0.3) is 0 Å². The van der Waals surface area contributed by atoms with Gasteiger partial charge < -0.3 is 20.1 Å². The van der Waals surface area contributed by atoms with E-state index in [1.807, 2.05) is 31.3 Å². The van der Waals surface area contributed by atoms with Gasteiger partial charge in [0, 0.05) is 54.8 Å². The molecule has 0 spiro atoms. The SMILES string of the molecule is Cn1nccc1-c1cc(NC(=O)Nc2cccc(Cl)c2)ccc1OCCN1CCOCC1. The molecule has 1 aromatic heterocycles. The molecule has 2 aromatic carbocycles. The first-order valence-corrected chi connectivity index (χ1v) is 10.9. The van der Waals surface area contributed by atoms with E-state index in [1.54, 1.807) is 35.1 Å². The number of aryl methyl sites for hydroxylation is 1. The molecule has 0 aliphatic carbocycles. The predicted molar refractivity (Wildman–Crippen MR) is 125 cm³/mol. The highest BCUT2D eigenvalue weighted by Crippen LogP contribution is 2.32. The lowest BCUT2D eigenvalue weighted by molar-refractivity contribution is 0.0323. The van der Waals surface area contributed by atoms with Gasteiger partial charge in [-0.1, -0.05) is 17.7 Å². The number of morpholine rings is 1. The van der Waals surface area contributed by atoms with Crippen LogP contribution in [0.5, 0.6) is 5.75 Å². The number of amides is 2. The average Bonchev–Trinajstić information content (AvgIpc) is 3.21. The zero-order chi connectivity index (χ0) is 22.3. The van der Waals surface area contributed by atoms with Crippen molar-refractivity contribution in [2.45, 2.75) is 0 Å². The number of anilines is 2. The highest BCUT2D eigenvalue weighted by atomic mass is 35.5. The number of urea groups is 1. The second-order valence-corrected chi connectivity index (χ2v) is 7.88. The van der Waals surface area contributed by atoms with Crippen molar-refractivity contribution in [2.75, 3.05) is 50.1 Å². The average molecular weight is 456 g/mol. The quantitative estimate of drug-likeness (QED) is 0.560. The number of ether oxygens (including phenoxy) is 2. The maximum atomic E-state index is 12.5. The van der Waals surface area contributed by atoms with Gasteiger partial charge in [0.1, 0.15) is 12.4 Å². The molecule has 168 valence electrons. The number of rotatable bonds is 7. The minimum absolute atomic E-state index is 0.357. The van der Waals surface area contributed by atoms with E-state index in [4.69, 9.17) is 21.1 Å². The van der Waals surface area contributed by atoms with Crippen LogP contribution in [0.25, 0.3) is 11.3 Å². The molecule has 1 aliphatic heterocycles. The summed E-state index contributed by atoms with van der Waals surface area (Å²) in [6.45, 7) is 4.75. The minimum Gasteiger partial charge on any atom is -0.492 e. The first kappa shape index (κ1) is 22.1. The van der Waals surface area contributed by atoms with Crippen molar-refractivity contribution >= 4 is 29.0 Å². The number of aromatic nitrogens is 2. The van der Waals surface area contributed by atoms with Gasteiger partial charge in [-0.25, -0.2) is 4.79 Å². The van der Waals surface area contributed by atoms with Crippen LogP contribution in [-0.2, 0) is 11.8 Å². The number of carbonyl (C=O) groups excluding carboxylic acids is 1. The van der Waals surface area contributed by atoms with Gasteiger partial charge in [-0.3, -0.25) is 9.58 Å². The van der Waals surface area contributed by atoms with Crippen molar-refractivity contribution in [3.8, 4) is 17.0 Å². The number of hydrogen-bond acceptors (Lipinski definition) is 5. The van der Waals surface area contributed by atoms with Crippen molar-refractivity contribution in [3.05, 3.63) is 59.8 Å². The van der Waals surface area contributed by atoms with Crippen LogP contribution in [-0.4, -0.2) is 60.2 Å². The fraction of sp³-hybridized carbons (Fsp3) is 0.304. The first-order chi connectivity index (χ1) is 15.6. The van der Waals surface area contributed by atoms with Crippen molar-refractivity contribution in [1.29, 1.82) is 0 Å². The molecule has 9 heteroatoms. The summed E-state index contributed by atoms with van der Waals surface area (Å²) >= 11 is 5.99. The summed E-state index contributed by atoms with van der Waals surface area (Å²) in [7, 11) is 1.87. The van der Waals surface area contributed by atoms with Crippen molar-refractivity contribution in [2.24, 2.45) is 7.05 Å². The summed E-state index contributed by atoms with van der Waals surface area (Å²) in [5, 5.41) is 10.5. The largest absolute Gasteiger partial charge is 0.492 e. The first-order valence-electron chi connectivity index (χ1n) is 10.5. The molecule has 2 heterocycles. The molecule has 1 saturated heterocycles. The summed E-state index contributed by atoms with van der Waals surface area (Å²) in [5.41, 5.74) is 3.00. The van der Waals surface area contributed by atoms with Crippen LogP contribution >= 0.6 is 11.6 Å². The second kappa shape index (κ2) is 10.5. The number of benzene rings is 2. The highest BCUT2D eigenvalue weighted by molar-refractivity contribution is 6.30. The zero-order valence-electron chi connectivity index (χ0n) is 17.9. The van der Waals surface area contributed by atoms with E-state index in [2.05, 4.69) is 20.6 Å². The van der Waals surface area contributed by atoms with Crippen LogP contribution in [0, 0.1) is 0 Å². The number of carbonyl (C=O) groups is 1. The summed E-state index contributed by atoms with van der Waals surface area (Å²) in [4.78, 5) is 14.8. The lowest BCUT2D eigenvalue weighted by Crippen LogP contribution is -2.38. The predicted octanol–water partition coefficient (Wildman–Crippen LogP) is 4.10. The van der Waals surface area contributed by atoms with Gasteiger partial charge >= 0.3 is 6.03 Å². The molecule has 0 bridgehead atoms. The molecule has 0 saturated carbocycles. The van der Waals surface area contributed by atoms with Crippen LogP contribution < -0.4 is 15.4 Å². The van der Waals surface area contributed by atoms with Crippen LogP contribution in [0.2, 0.25) is 5.02 Å². The van der Waals surface area contributed by atoms with Crippen LogP contribution in [0.1, 0.15) is 0 Å². The number of halogens is 1. The van der Waals surface area contributed by atoms with Crippen LogP contribution in [0.15, 0.2) is 54.7 Å². The Morgan fingerprint density at radius 1 is 1.12 bits per heavy atom. The van der Waals surface area contributed by atoms with E-state index in [-0.39, 0.29) is 6.03 Å². The van der Waals surface area contributed by atoms with Gasteiger partial charge in [0.2, 0.25) is 0 Å².